The Hall–Kier alpha value is -1.50. The average molecular weight is 407 g/mol. The molecule has 1 aliphatic rings. The molecule has 0 saturated carbocycles. The molecule has 0 atom stereocenters. The Morgan fingerprint density at radius 3 is 2.33 bits per heavy atom. The first-order chi connectivity index (χ1) is 11.5. The molecule has 0 spiro atoms. The van der Waals surface area contributed by atoms with E-state index in [1.807, 2.05) is 54.6 Å². The first-order valence-electron chi connectivity index (χ1n) is 7.82. The van der Waals surface area contributed by atoms with Crippen molar-refractivity contribution >= 4 is 39.4 Å². The lowest BCUT2D eigenvalue weighted by molar-refractivity contribution is 0.0683. The molecule has 2 aromatic carbocycles. The monoisotopic (exact) mass is 406 g/mol. The van der Waals surface area contributed by atoms with Crippen LogP contribution < -0.4 is 5.32 Å². The van der Waals surface area contributed by atoms with E-state index in [1.165, 1.54) is 11.8 Å². The Morgan fingerprint density at radius 2 is 1.71 bits per heavy atom. The number of amides is 2. The summed E-state index contributed by atoms with van der Waals surface area (Å²) < 4.78 is 0.974. The highest BCUT2D eigenvalue weighted by Crippen LogP contribution is 2.38. The number of thioether (sulfide) groups is 1. The summed E-state index contributed by atoms with van der Waals surface area (Å²) in [7, 11) is 0. The van der Waals surface area contributed by atoms with Crippen LogP contribution in [0.25, 0.3) is 0 Å². The predicted molar refractivity (Wildman–Crippen MR) is 101 cm³/mol. The van der Waals surface area contributed by atoms with Crippen LogP contribution >= 0.6 is 27.7 Å². The number of likely N-dealkylation sites (tertiary alicyclic amines) is 1. The van der Waals surface area contributed by atoms with Crippen molar-refractivity contribution in [3.8, 4) is 0 Å². The molecule has 3 rings (SSSR count). The van der Waals surface area contributed by atoms with Crippen molar-refractivity contribution in [2.24, 2.45) is 0 Å². The number of urea groups is 1. The van der Waals surface area contributed by atoms with Crippen molar-refractivity contribution < 1.29 is 9.90 Å². The van der Waals surface area contributed by atoms with E-state index in [0.29, 0.717) is 25.9 Å². The molecule has 126 valence electrons. The molecule has 1 heterocycles. The molecular formula is C18H19BrN2O2S. The maximum absolute atomic E-state index is 12.3. The molecule has 24 heavy (non-hydrogen) atoms. The van der Waals surface area contributed by atoms with E-state index in [2.05, 4.69) is 21.2 Å². The van der Waals surface area contributed by atoms with Crippen molar-refractivity contribution in [2.45, 2.75) is 22.7 Å². The molecular weight excluding hydrogens is 388 g/mol. The van der Waals surface area contributed by atoms with E-state index in [1.54, 1.807) is 4.90 Å². The normalized spacial score (nSPS) is 16.7. The van der Waals surface area contributed by atoms with Gasteiger partial charge >= 0.3 is 6.03 Å². The number of anilines is 1. The van der Waals surface area contributed by atoms with Gasteiger partial charge in [-0.05, 0) is 36.4 Å². The van der Waals surface area contributed by atoms with Crippen molar-refractivity contribution in [1.82, 2.24) is 4.90 Å². The lowest BCUT2D eigenvalue weighted by Crippen LogP contribution is -2.46. The molecule has 1 saturated heterocycles. The molecule has 1 aliphatic heterocycles. The van der Waals surface area contributed by atoms with Crippen molar-refractivity contribution in [2.75, 3.05) is 18.4 Å². The van der Waals surface area contributed by atoms with E-state index < -0.39 is 4.93 Å². The van der Waals surface area contributed by atoms with Gasteiger partial charge in [0.25, 0.3) is 0 Å². The summed E-state index contributed by atoms with van der Waals surface area (Å²) in [5, 5.41) is 13.6. The number of carbonyl (C=O) groups excluding carboxylic acids is 1. The Labute approximate surface area is 154 Å². The van der Waals surface area contributed by atoms with Gasteiger partial charge in [0.1, 0.15) is 4.93 Å². The summed E-state index contributed by atoms with van der Waals surface area (Å²) in [5.41, 5.74) is 0.766. The summed E-state index contributed by atoms with van der Waals surface area (Å²) >= 11 is 4.85. The number of rotatable bonds is 3. The van der Waals surface area contributed by atoms with E-state index in [-0.39, 0.29) is 6.03 Å². The quantitative estimate of drug-likeness (QED) is 0.734. The highest BCUT2D eigenvalue weighted by Gasteiger charge is 2.34. The first kappa shape index (κ1) is 17.3. The predicted octanol–water partition coefficient (Wildman–Crippen LogP) is 4.56. The summed E-state index contributed by atoms with van der Waals surface area (Å²) in [4.78, 5) is 14.3. The second kappa shape index (κ2) is 7.59. The number of nitrogens with one attached hydrogen (secondary N) is 1. The number of benzene rings is 2. The number of nitrogens with zero attached hydrogens (tertiary/aromatic N) is 1. The number of halogens is 1. The molecule has 0 aliphatic carbocycles. The van der Waals surface area contributed by atoms with E-state index in [9.17, 15) is 9.90 Å². The zero-order chi connectivity index (χ0) is 17.0. The Kier molecular flexibility index (Phi) is 5.48. The number of hydrogen-bond acceptors (Lipinski definition) is 3. The second-order valence-electron chi connectivity index (χ2n) is 5.79. The third-order valence-electron chi connectivity index (χ3n) is 3.98. The Bertz CT molecular complexity index is 686. The summed E-state index contributed by atoms with van der Waals surface area (Å²) in [6, 6.07) is 17.2. The van der Waals surface area contributed by atoms with Gasteiger partial charge in [-0.3, -0.25) is 0 Å². The van der Waals surface area contributed by atoms with E-state index >= 15 is 0 Å². The average Bonchev–Trinajstić information content (AvgIpc) is 2.58. The highest BCUT2D eigenvalue weighted by atomic mass is 79.9. The standard InChI is InChI=1S/C18H19BrN2O2S/c19-14-6-8-15(9-7-14)20-17(22)21-12-10-18(23,11-13-21)24-16-4-2-1-3-5-16/h1-9,23H,10-13H2,(H,20,22). The van der Waals surface area contributed by atoms with Crippen LogP contribution in [0.2, 0.25) is 0 Å². The fraction of sp³-hybridized carbons (Fsp3) is 0.278. The number of hydrogen-bond donors (Lipinski definition) is 2. The zero-order valence-electron chi connectivity index (χ0n) is 13.1. The van der Waals surface area contributed by atoms with Crippen molar-refractivity contribution in [3.05, 3.63) is 59.1 Å². The van der Waals surface area contributed by atoms with Gasteiger partial charge < -0.3 is 15.3 Å². The summed E-state index contributed by atoms with van der Waals surface area (Å²) in [6.45, 7) is 1.08. The fourth-order valence-corrected chi connectivity index (χ4v) is 3.99. The van der Waals surface area contributed by atoms with Crippen molar-refractivity contribution in [1.29, 1.82) is 0 Å². The van der Waals surface area contributed by atoms with Gasteiger partial charge in [-0.15, -0.1) is 0 Å². The topological polar surface area (TPSA) is 52.6 Å². The first-order valence-corrected chi connectivity index (χ1v) is 9.43. The molecule has 0 aromatic heterocycles. The third kappa shape index (κ3) is 4.53. The number of piperidine rings is 1. The lowest BCUT2D eigenvalue weighted by atomic mass is 10.1. The Morgan fingerprint density at radius 1 is 1.08 bits per heavy atom. The van der Waals surface area contributed by atoms with Gasteiger partial charge in [0.2, 0.25) is 0 Å². The van der Waals surface area contributed by atoms with E-state index in [0.717, 1.165) is 15.1 Å². The van der Waals surface area contributed by atoms with E-state index in [4.69, 9.17) is 0 Å². The van der Waals surface area contributed by atoms with Gasteiger partial charge in [-0.2, -0.15) is 0 Å². The molecule has 0 radical (unpaired) electrons. The molecule has 4 nitrogen and oxygen atoms in total. The molecule has 2 amide bonds. The minimum atomic E-state index is -0.810. The van der Waals surface area contributed by atoms with Gasteiger partial charge in [-0.1, -0.05) is 45.9 Å². The Balaban J connectivity index is 1.54. The van der Waals surface area contributed by atoms with Crippen molar-refractivity contribution in [3.63, 3.8) is 0 Å². The summed E-state index contributed by atoms with van der Waals surface area (Å²) in [5.74, 6) is 0. The molecule has 0 bridgehead atoms. The molecule has 0 unspecified atom stereocenters. The highest BCUT2D eigenvalue weighted by molar-refractivity contribution is 9.10. The van der Waals surface area contributed by atoms with Gasteiger partial charge in [-0.25, -0.2) is 4.79 Å². The lowest BCUT2D eigenvalue weighted by Gasteiger charge is -2.37. The van der Waals surface area contributed by atoms with Crippen LogP contribution in [-0.2, 0) is 0 Å². The maximum atomic E-state index is 12.3. The molecule has 1 fully saturated rings. The van der Waals surface area contributed by atoms with Gasteiger partial charge in [0.05, 0.1) is 0 Å². The molecule has 2 N–H and O–H groups in total. The maximum Gasteiger partial charge on any atom is 0.321 e. The number of aliphatic hydroxyl groups is 1. The number of carbonyl (C=O) groups is 1. The van der Waals surface area contributed by atoms with Crippen LogP contribution in [0.4, 0.5) is 10.5 Å². The largest absolute Gasteiger partial charge is 0.379 e. The molecule has 6 heteroatoms. The van der Waals surface area contributed by atoms with Gasteiger partial charge in [0.15, 0.2) is 0 Å². The van der Waals surface area contributed by atoms with Crippen LogP contribution in [0, 0.1) is 0 Å². The summed E-state index contributed by atoms with van der Waals surface area (Å²) in [6.07, 6.45) is 1.11. The van der Waals surface area contributed by atoms with Crippen LogP contribution in [0.3, 0.4) is 0 Å². The molecule has 2 aromatic rings. The minimum Gasteiger partial charge on any atom is -0.379 e. The SMILES string of the molecule is O=C(Nc1ccc(Br)cc1)N1CCC(O)(Sc2ccccc2)CC1. The van der Waals surface area contributed by atoms with Crippen LogP contribution in [0.1, 0.15) is 12.8 Å². The second-order valence-corrected chi connectivity index (χ2v) is 8.14. The third-order valence-corrected chi connectivity index (χ3v) is 5.80. The van der Waals surface area contributed by atoms with Crippen LogP contribution in [0.5, 0.6) is 0 Å². The van der Waals surface area contributed by atoms with Crippen LogP contribution in [0.15, 0.2) is 64.0 Å². The van der Waals surface area contributed by atoms with Gasteiger partial charge in [0, 0.05) is 41.0 Å². The van der Waals surface area contributed by atoms with Crippen LogP contribution in [-0.4, -0.2) is 34.1 Å². The fourth-order valence-electron chi connectivity index (χ4n) is 2.60. The zero-order valence-corrected chi connectivity index (χ0v) is 15.5. The minimum absolute atomic E-state index is 0.121. The smallest absolute Gasteiger partial charge is 0.321 e.